The molecule has 0 spiro atoms. The third-order valence-electron chi connectivity index (χ3n) is 2.03. The highest BCUT2D eigenvalue weighted by atomic mass is 32.2. The van der Waals surface area contributed by atoms with E-state index in [-0.39, 0.29) is 6.42 Å². The van der Waals surface area contributed by atoms with Gasteiger partial charge in [0, 0.05) is 0 Å². The first-order valence-electron chi connectivity index (χ1n) is 4.27. The Hall–Kier alpha value is -0.560. The van der Waals surface area contributed by atoms with Crippen LogP contribution in [0.5, 0.6) is 0 Å². The molecular formula is C8H14F3NO2S. The summed E-state index contributed by atoms with van der Waals surface area (Å²) in [4.78, 5) is 0. The van der Waals surface area contributed by atoms with Crippen LogP contribution in [0.15, 0.2) is 12.7 Å². The van der Waals surface area contributed by atoms with E-state index in [0.717, 1.165) is 0 Å². The highest BCUT2D eigenvalue weighted by molar-refractivity contribution is 7.89. The average Bonchev–Trinajstić information content (AvgIpc) is 1.97. The average molecular weight is 245 g/mol. The van der Waals surface area contributed by atoms with Crippen molar-refractivity contribution in [2.45, 2.75) is 31.2 Å². The Morgan fingerprint density at radius 2 is 1.93 bits per heavy atom. The quantitative estimate of drug-likeness (QED) is 0.751. The molecule has 0 aliphatic heterocycles. The highest BCUT2D eigenvalue weighted by Crippen LogP contribution is 2.29. The molecule has 0 aromatic rings. The fourth-order valence-electron chi connectivity index (χ4n) is 1.28. The van der Waals surface area contributed by atoms with Gasteiger partial charge in [-0.15, -0.1) is 6.58 Å². The number of halogens is 3. The van der Waals surface area contributed by atoms with Gasteiger partial charge in [-0.3, -0.25) is 0 Å². The summed E-state index contributed by atoms with van der Waals surface area (Å²) in [5.74, 6) is -0.695. The molecular weight excluding hydrogens is 231 g/mol. The molecule has 0 radical (unpaired) electrons. The van der Waals surface area contributed by atoms with Gasteiger partial charge in [-0.1, -0.05) is 13.0 Å². The van der Waals surface area contributed by atoms with Gasteiger partial charge in [0.25, 0.3) is 0 Å². The first-order valence-corrected chi connectivity index (χ1v) is 5.88. The van der Waals surface area contributed by atoms with E-state index in [1.165, 1.54) is 13.0 Å². The fraction of sp³-hybridized carbons (Fsp3) is 0.750. The van der Waals surface area contributed by atoms with Gasteiger partial charge in [0.1, 0.15) is 0 Å². The third-order valence-corrected chi connectivity index (χ3v) is 3.50. The lowest BCUT2D eigenvalue weighted by Crippen LogP contribution is -2.37. The second-order valence-electron chi connectivity index (χ2n) is 3.45. The van der Waals surface area contributed by atoms with E-state index < -0.39 is 33.8 Å². The molecule has 0 bridgehead atoms. The fourth-order valence-corrected chi connectivity index (χ4v) is 2.46. The van der Waals surface area contributed by atoms with E-state index in [9.17, 15) is 21.6 Å². The Kier molecular flexibility index (Phi) is 4.79. The minimum atomic E-state index is -4.54. The lowest BCUT2D eigenvalue weighted by molar-refractivity contribution is -0.136. The van der Waals surface area contributed by atoms with Gasteiger partial charge in [0.2, 0.25) is 10.0 Å². The standard InChI is InChI=1S/C8H14F3NO2S/c1-3-4-6(2)7(15(12,13)14)5-8(9,10)11/h3,6-7H,1,4-5H2,2H3,(H2,12,13,14)/t6-,7?/m0/s1. The normalized spacial score (nSPS) is 17.1. The summed E-state index contributed by atoms with van der Waals surface area (Å²) < 4.78 is 58.2. The van der Waals surface area contributed by atoms with Gasteiger partial charge in [-0.05, 0) is 12.3 Å². The summed E-state index contributed by atoms with van der Waals surface area (Å²) in [7, 11) is -4.19. The van der Waals surface area contributed by atoms with Gasteiger partial charge in [-0.25, -0.2) is 13.6 Å². The molecule has 0 rings (SSSR count). The molecule has 2 N–H and O–H groups in total. The molecule has 3 nitrogen and oxygen atoms in total. The van der Waals surface area contributed by atoms with Crippen molar-refractivity contribution >= 4 is 10.0 Å². The van der Waals surface area contributed by atoms with Crippen molar-refractivity contribution in [1.29, 1.82) is 0 Å². The lowest BCUT2D eigenvalue weighted by Gasteiger charge is -2.22. The van der Waals surface area contributed by atoms with E-state index in [0.29, 0.717) is 0 Å². The molecule has 0 saturated heterocycles. The molecule has 0 amide bonds. The van der Waals surface area contributed by atoms with Crippen molar-refractivity contribution in [1.82, 2.24) is 0 Å². The first-order chi connectivity index (χ1) is 6.58. The number of allylic oxidation sites excluding steroid dienone is 1. The maximum atomic E-state index is 12.1. The van der Waals surface area contributed by atoms with Crippen LogP contribution in [0.4, 0.5) is 13.2 Å². The van der Waals surface area contributed by atoms with Crippen LogP contribution in [0.1, 0.15) is 19.8 Å². The Balaban J connectivity index is 4.83. The highest BCUT2D eigenvalue weighted by Gasteiger charge is 2.39. The molecule has 0 fully saturated rings. The predicted molar refractivity (Wildman–Crippen MR) is 51.5 cm³/mol. The summed E-state index contributed by atoms with van der Waals surface area (Å²) >= 11 is 0. The molecule has 0 aromatic carbocycles. The van der Waals surface area contributed by atoms with Crippen LogP contribution in [-0.4, -0.2) is 19.8 Å². The van der Waals surface area contributed by atoms with Crippen molar-refractivity contribution in [2.24, 2.45) is 11.1 Å². The molecule has 2 atom stereocenters. The van der Waals surface area contributed by atoms with E-state index in [1.807, 2.05) is 0 Å². The summed E-state index contributed by atoms with van der Waals surface area (Å²) in [5.41, 5.74) is 0. The smallest absolute Gasteiger partial charge is 0.228 e. The van der Waals surface area contributed by atoms with Crippen LogP contribution in [-0.2, 0) is 10.0 Å². The van der Waals surface area contributed by atoms with Crippen molar-refractivity contribution in [2.75, 3.05) is 0 Å². The summed E-state index contributed by atoms with van der Waals surface area (Å²) in [6, 6.07) is 0. The van der Waals surface area contributed by atoms with Gasteiger partial charge >= 0.3 is 6.18 Å². The molecule has 1 unspecified atom stereocenters. The number of alkyl halides is 3. The number of nitrogens with two attached hydrogens (primary N) is 1. The number of hydrogen-bond donors (Lipinski definition) is 1. The molecule has 0 aliphatic carbocycles. The monoisotopic (exact) mass is 245 g/mol. The summed E-state index contributed by atoms with van der Waals surface area (Å²) in [6.45, 7) is 4.75. The molecule has 15 heavy (non-hydrogen) atoms. The van der Waals surface area contributed by atoms with Crippen LogP contribution >= 0.6 is 0 Å². The van der Waals surface area contributed by atoms with Crippen molar-refractivity contribution in [3.8, 4) is 0 Å². The number of rotatable bonds is 5. The van der Waals surface area contributed by atoms with Crippen LogP contribution in [0, 0.1) is 5.92 Å². The minimum Gasteiger partial charge on any atom is -0.228 e. The van der Waals surface area contributed by atoms with E-state index in [2.05, 4.69) is 6.58 Å². The summed E-state index contributed by atoms with van der Waals surface area (Å²) in [6.07, 6.45) is -4.40. The Morgan fingerprint density at radius 1 is 1.47 bits per heavy atom. The first kappa shape index (κ1) is 14.4. The molecule has 0 saturated carbocycles. The minimum absolute atomic E-state index is 0.178. The predicted octanol–water partition coefficient (Wildman–Crippen LogP) is 1.81. The topological polar surface area (TPSA) is 60.2 Å². The van der Waals surface area contributed by atoms with E-state index in [4.69, 9.17) is 5.14 Å². The zero-order chi connectivity index (χ0) is 12.3. The van der Waals surface area contributed by atoms with Crippen LogP contribution in [0.2, 0.25) is 0 Å². The Bertz CT molecular complexity index is 310. The maximum Gasteiger partial charge on any atom is 0.390 e. The zero-order valence-corrected chi connectivity index (χ0v) is 9.11. The lowest BCUT2D eigenvalue weighted by atomic mass is 10.0. The molecule has 0 heterocycles. The summed E-state index contributed by atoms with van der Waals surface area (Å²) in [5, 5.41) is 3.15. The van der Waals surface area contributed by atoms with Crippen molar-refractivity contribution < 1.29 is 21.6 Å². The van der Waals surface area contributed by atoms with E-state index in [1.54, 1.807) is 0 Å². The third kappa shape index (κ3) is 5.78. The zero-order valence-electron chi connectivity index (χ0n) is 8.29. The number of primary sulfonamides is 1. The number of sulfonamides is 1. The number of hydrogen-bond acceptors (Lipinski definition) is 2. The Morgan fingerprint density at radius 3 is 2.20 bits per heavy atom. The second-order valence-corrected chi connectivity index (χ2v) is 5.23. The molecule has 7 heteroatoms. The molecule has 0 aliphatic rings. The SMILES string of the molecule is C=CC[C@H](C)C(CC(F)(F)F)S(N)(=O)=O. The van der Waals surface area contributed by atoms with Gasteiger partial charge < -0.3 is 0 Å². The van der Waals surface area contributed by atoms with Crippen molar-refractivity contribution in [3.05, 3.63) is 12.7 Å². The Labute approximate surface area is 87.2 Å². The maximum absolute atomic E-state index is 12.1. The van der Waals surface area contributed by atoms with Crippen molar-refractivity contribution in [3.63, 3.8) is 0 Å². The second kappa shape index (κ2) is 4.98. The van der Waals surface area contributed by atoms with Crippen LogP contribution in [0.3, 0.4) is 0 Å². The molecule has 0 aromatic heterocycles. The van der Waals surface area contributed by atoms with Crippen LogP contribution < -0.4 is 5.14 Å². The van der Waals surface area contributed by atoms with E-state index >= 15 is 0 Å². The molecule has 90 valence electrons. The van der Waals surface area contributed by atoms with Gasteiger partial charge in [0.15, 0.2) is 0 Å². The van der Waals surface area contributed by atoms with Gasteiger partial charge in [-0.2, -0.15) is 13.2 Å². The van der Waals surface area contributed by atoms with Gasteiger partial charge in [0.05, 0.1) is 11.7 Å². The largest absolute Gasteiger partial charge is 0.390 e. The van der Waals surface area contributed by atoms with Crippen LogP contribution in [0.25, 0.3) is 0 Å².